The van der Waals surface area contributed by atoms with E-state index in [1.54, 1.807) is 0 Å². The summed E-state index contributed by atoms with van der Waals surface area (Å²) >= 11 is 0. The third kappa shape index (κ3) is 3.49. The predicted octanol–water partition coefficient (Wildman–Crippen LogP) is 2.69. The number of carbonyl (C=O) groups is 1. The van der Waals surface area contributed by atoms with Crippen LogP contribution >= 0.6 is 0 Å². The maximum atomic E-state index is 11.9. The summed E-state index contributed by atoms with van der Waals surface area (Å²) in [4.78, 5) is 11.9. The van der Waals surface area contributed by atoms with Gasteiger partial charge in [0.05, 0.1) is 0 Å². The molecule has 0 bridgehead atoms. The van der Waals surface area contributed by atoms with Crippen LogP contribution in [0.25, 0.3) is 0 Å². The lowest BCUT2D eigenvalue weighted by Crippen LogP contribution is -2.39. The summed E-state index contributed by atoms with van der Waals surface area (Å²) in [6.07, 6.45) is 3.53. The molecule has 2 rings (SSSR count). The normalized spacial score (nSPS) is 16.1. The van der Waals surface area contributed by atoms with Gasteiger partial charge in [0.2, 0.25) is 0 Å². The highest BCUT2D eigenvalue weighted by Gasteiger charge is 2.27. The molecule has 0 spiro atoms. The molecule has 1 atom stereocenters. The molecule has 3 heteroatoms. The average molecular weight is 247 g/mol. The molecular formula is C15H21NO2. The first-order valence-corrected chi connectivity index (χ1v) is 6.79. The second-order valence-electron chi connectivity index (χ2n) is 4.80. The van der Waals surface area contributed by atoms with E-state index in [0.29, 0.717) is 12.5 Å². The monoisotopic (exact) mass is 247 g/mol. The van der Waals surface area contributed by atoms with Crippen LogP contribution in [0.3, 0.4) is 0 Å². The maximum Gasteiger partial charge on any atom is 0.261 e. The lowest BCUT2D eigenvalue weighted by molar-refractivity contribution is -0.128. The van der Waals surface area contributed by atoms with Crippen LogP contribution in [-0.2, 0) is 11.2 Å². The number of hydrogen-bond donors (Lipinski definition) is 1. The lowest BCUT2D eigenvalue weighted by Gasteiger charge is -2.17. The molecule has 1 aromatic rings. The van der Waals surface area contributed by atoms with Crippen molar-refractivity contribution in [2.45, 2.75) is 51.7 Å². The first-order valence-electron chi connectivity index (χ1n) is 6.79. The molecule has 1 unspecified atom stereocenters. The first kappa shape index (κ1) is 12.9. The van der Waals surface area contributed by atoms with E-state index in [4.69, 9.17) is 4.74 Å². The Labute approximate surface area is 109 Å². The van der Waals surface area contributed by atoms with Crippen LogP contribution in [0.5, 0.6) is 5.75 Å². The van der Waals surface area contributed by atoms with E-state index in [1.165, 1.54) is 5.56 Å². The lowest BCUT2D eigenvalue weighted by atomic mass is 10.2. The van der Waals surface area contributed by atoms with Gasteiger partial charge < -0.3 is 10.1 Å². The summed E-state index contributed by atoms with van der Waals surface area (Å²) in [7, 11) is 0. The van der Waals surface area contributed by atoms with Crippen molar-refractivity contribution in [1.82, 2.24) is 5.32 Å². The van der Waals surface area contributed by atoms with Crippen LogP contribution in [0.15, 0.2) is 24.3 Å². The highest BCUT2D eigenvalue weighted by Crippen LogP contribution is 2.20. The van der Waals surface area contributed by atoms with E-state index in [1.807, 2.05) is 31.2 Å². The molecule has 1 aromatic carbocycles. The van der Waals surface area contributed by atoms with E-state index in [0.717, 1.165) is 25.0 Å². The molecular weight excluding hydrogens is 226 g/mol. The van der Waals surface area contributed by atoms with Crippen molar-refractivity contribution in [3.8, 4) is 5.75 Å². The van der Waals surface area contributed by atoms with E-state index in [9.17, 15) is 4.79 Å². The third-order valence-corrected chi connectivity index (χ3v) is 3.20. The van der Waals surface area contributed by atoms with Crippen LogP contribution in [-0.4, -0.2) is 18.1 Å². The molecule has 18 heavy (non-hydrogen) atoms. The van der Waals surface area contributed by atoms with Gasteiger partial charge in [-0.1, -0.05) is 26.0 Å². The SMILES string of the molecule is CCc1ccc(OC(CC)C(=O)NC2CC2)cc1. The van der Waals surface area contributed by atoms with Gasteiger partial charge in [-0.05, 0) is 43.4 Å². The minimum Gasteiger partial charge on any atom is -0.481 e. The summed E-state index contributed by atoms with van der Waals surface area (Å²) in [6.45, 7) is 4.09. The Kier molecular flexibility index (Phi) is 4.24. The van der Waals surface area contributed by atoms with E-state index < -0.39 is 0 Å². The average Bonchev–Trinajstić information content (AvgIpc) is 3.20. The largest absolute Gasteiger partial charge is 0.481 e. The number of hydrogen-bond acceptors (Lipinski definition) is 2. The van der Waals surface area contributed by atoms with Gasteiger partial charge in [0.25, 0.3) is 5.91 Å². The topological polar surface area (TPSA) is 38.3 Å². The van der Waals surface area contributed by atoms with Crippen molar-refractivity contribution in [2.75, 3.05) is 0 Å². The fraction of sp³-hybridized carbons (Fsp3) is 0.533. The number of rotatable bonds is 6. The fourth-order valence-electron chi connectivity index (χ4n) is 1.81. The molecule has 98 valence electrons. The van der Waals surface area contributed by atoms with Crippen LogP contribution in [0.1, 0.15) is 38.7 Å². The van der Waals surface area contributed by atoms with Crippen LogP contribution in [0.2, 0.25) is 0 Å². The van der Waals surface area contributed by atoms with Crippen molar-refractivity contribution in [3.05, 3.63) is 29.8 Å². The standard InChI is InChI=1S/C15H21NO2/c1-3-11-5-9-13(10-6-11)18-14(4-2)15(17)16-12-7-8-12/h5-6,9-10,12,14H,3-4,7-8H2,1-2H3,(H,16,17). The van der Waals surface area contributed by atoms with E-state index in [-0.39, 0.29) is 12.0 Å². The molecule has 0 radical (unpaired) electrons. The molecule has 0 aromatic heterocycles. The number of aryl methyl sites for hydroxylation is 1. The van der Waals surface area contributed by atoms with Crippen molar-refractivity contribution in [3.63, 3.8) is 0 Å². The minimum atomic E-state index is -0.377. The van der Waals surface area contributed by atoms with Gasteiger partial charge in [0.1, 0.15) is 5.75 Å². The summed E-state index contributed by atoms with van der Waals surface area (Å²) in [6, 6.07) is 8.34. The van der Waals surface area contributed by atoms with Gasteiger partial charge in [-0.15, -0.1) is 0 Å². The Balaban J connectivity index is 1.93. The van der Waals surface area contributed by atoms with Crippen LogP contribution in [0, 0.1) is 0 Å². The van der Waals surface area contributed by atoms with Gasteiger partial charge in [-0.2, -0.15) is 0 Å². The third-order valence-electron chi connectivity index (χ3n) is 3.20. The van der Waals surface area contributed by atoms with Crippen LogP contribution in [0.4, 0.5) is 0 Å². The van der Waals surface area contributed by atoms with E-state index in [2.05, 4.69) is 12.2 Å². The number of nitrogens with one attached hydrogen (secondary N) is 1. The number of ether oxygens (including phenoxy) is 1. The molecule has 0 saturated heterocycles. The molecule has 1 amide bonds. The zero-order valence-electron chi connectivity index (χ0n) is 11.1. The van der Waals surface area contributed by atoms with Crippen LogP contribution < -0.4 is 10.1 Å². The Morgan fingerprint density at radius 3 is 2.50 bits per heavy atom. The Morgan fingerprint density at radius 2 is 2.00 bits per heavy atom. The minimum absolute atomic E-state index is 0.0135. The predicted molar refractivity (Wildman–Crippen MR) is 71.7 cm³/mol. The van der Waals surface area contributed by atoms with E-state index >= 15 is 0 Å². The summed E-state index contributed by atoms with van der Waals surface area (Å²) in [5.41, 5.74) is 1.28. The van der Waals surface area contributed by atoms with Crippen molar-refractivity contribution in [1.29, 1.82) is 0 Å². The molecule has 0 aliphatic heterocycles. The summed E-state index contributed by atoms with van der Waals surface area (Å²) < 4.78 is 5.74. The molecule has 3 nitrogen and oxygen atoms in total. The molecule has 1 aliphatic carbocycles. The Bertz CT molecular complexity index is 395. The second kappa shape index (κ2) is 5.89. The Morgan fingerprint density at radius 1 is 1.33 bits per heavy atom. The zero-order chi connectivity index (χ0) is 13.0. The highest BCUT2D eigenvalue weighted by atomic mass is 16.5. The highest BCUT2D eigenvalue weighted by molar-refractivity contribution is 5.81. The van der Waals surface area contributed by atoms with Crippen molar-refractivity contribution >= 4 is 5.91 Å². The summed E-state index contributed by atoms with van der Waals surface area (Å²) in [5, 5.41) is 2.98. The molecule has 0 heterocycles. The molecule has 1 aliphatic rings. The smallest absolute Gasteiger partial charge is 0.261 e. The second-order valence-corrected chi connectivity index (χ2v) is 4.80. The molecule has 1 N–H and O–H groups in total. The Hall–Kier alpha value is -1.51. The van der Waals surface area contributed by atoms with Gasteiger partial charge in [0, 0.05) is 6.04 Å². The van der Waals surface area contributed by atoms with Gasteiger partial charge in [-0.25, -0.2) is 0 Å². The number of amides is 1. The fourth-order valence-corrected chi connectivity index (χ4v) is 1.81. The summed E-state index contributed by atoms with van der Waals surface area (Å²) in [5.74, 6) is 0.782. The van der Waals surface area contributed by atoms with Gasteiger partial charge >= 0.3 is 0 Å². The van der Waals surface area contributed by atoms with Gasteiger partial charge in [0.15, 0.2) is 6.10 Å². The number of carbonyl (C=O) groups excluding carboxylic acids is 1. The number of benzene rings is 1. The first-order chi connectivity index (χ1) is 8.72. The molecule has 1 saturated carbocycles. The maximum absolute atomic E-state index is 11.9. The van der Waals surface area contributed by atoms with Gasteiger partial charge in [-0.3, -0.25) is 4.79 Å². The molecule has 1 fully saturated rings. The van der Waals surface area contributed by atoms with Crippen molar-refractivity contribution in [2.24, 2.45) is 0 Å². The quantitative estimate of drug-likeness (QED) is 0.839. The zero-order valence-corrected chi connectivity index (χ0v) is 11.1. The van der Waals surface area contributed by atoms with Crippen molar-refractivity contribution < 1.29 is 9.53 Å².